The van der Waals surface area contributed by atoms with E-state index in [4.69, 9.17) is 22.1 Å². The number of methoxy groups -OCH3 is 1. The van der Waals surface area contributed by atoms with Gasteiger partial charge < -0.3 is 15.8 Å². The largest absolute Gasteiger partial charge is 0.495 e. The highest BCUT2D eigenvalue weighted by Gasteiger charge is 2.01. The van der Waals surface area contributed by atoms with Crippen LogP contribution in [0.4, 0.5) is 0 Å². The van der Waals surface area contributed by atoms with E-state index >= 15 is 0 Å². The molecule has 0 saturated carbocycles. The second-order valence-corrected chi connectivity index (χ2v) is 4.02. The van der Waals surface area contributed by atoms with Gasteiger partial charge in [-0.15, -0.1) is 0 Å². The molecule has 0 aliphatic carbocycles. The Hall–Kier alpha value is -0.770. The maximum absolute atomic E-state index is 6.03. The summed E-state index contributed by atoms with van der Waals surface area (Å²) in [7, 11) is 1.62. The number of benzene rings is 1. The summed E-state index contributed by atoms with van der Waals surface area (Å²) in [5.41, 5.74) is 6.62. The van der Waals surface area contributed by atoms with E-state index in [2.05, 4.69) is 5.32 Å². The van der Waals surface area contributed by atoms with Gasteiger partial charge >= 0.3 is 0 Å². The van der Waals surface area contributed by atoms with Crippen molar-refractivity contribution in [3.63, 3.8) is 0 Å². The number of halogens is 1. The number of hydrogen-bond acceptors (Lipinski definition) is 3. The minimum Gasteiger partial charge on any atom is -0.495 e. The molecule has 0 aliphatic heterocycles. The van der Waals surface area contributed by atoms with Crippen LogP contribution in [0.5, 0.6) is 5.75 Å². The number of nitrogens with one attached hydrogen (secondary N) is 1. The third kappa shape index (κ3) is 4.39. The maximum Gasteiger partial charge on any atom is 0.137 e. The van der Waals surface area contributed by atoms with E-state index in [0.29, 0.717) is 5.02 Å². The van der Waals surface area contributed by atoms with Gasteiger partial charge in [-0.25, -0.2) is 0 Å². The van der Waals surface area contributed by atoms with Crippen molar-refractivity contribution in [3.05, 3.63) is 28.8 Å². The van der Waals surface area contributed by atoms with Crippen molar-refractivity contribution in [1.29, 1.82) is 0 Å². The molecular weight excluding hydrogens is 224 g/mol. The van der Waals surface area contributed by atoms with Crippen molar-refractivity contribution >= 4 is 11.6 Å². The predicted molar refractivity (Wildman–Crippen MR) is 68.2 cm³/mol. The van der Waals surface area contributed by atoms with Crippen LogP contribution in [0.3, 0.4) is 0 Å². The standard InChI is InChI=1S/C12H19ClN2O/c1-16-12-4-3-10(9-11(12)13)5-8-15-7-2-6-14/h3-4,9,15H,2,5-8,14H2,1H3. The predicted octanol–water partition coefficient (Wildman–Crippen LogP) is 1.83. The Morgan fingerprint density at radius 3 is 2.81 bits per heavy atom. The van der Waals surface area contributed by atoms with E-state index in [1.54, 1.807) is 7.11 Å². The molecule has 90 valence electrons. The Labute approximate surface area is 102 Å². The van der Waals surface area contributed by atoms with Gasteiger partial charge in [-0.3, -0.25) is 0 Å². The zero-order chi connectivity index (χ0) is 11.8. The van der Waals surface area contributed by atoms with Crippen LogP contribution in [0.15, 0.2) is 18.2 Å². The summed E-state index contributed by atoms with van der Waals surface area (Å²) < 4.78 is 5.10. The summed E-state index contributed by atoms with van der Waals surface area (Å²) in [6.45, 7) is 2.66. The highest BCUT2D eigenvalue weighted by Crippen LogP contribution is 2.24. The summed E-state index contributed by atoms with van der Waals surface area (Å²) >= 11 is 6.03. The molecule has 0 aliphatic rings. The first-order valence-corrected chi connectivity index (χ1v) is 5.89. The molecule has 0 amide bonds. The number of hydrogen-bond donors (Lipinski definition) is 2. The Kier molecular flexibility index (Phi) is 6.23. The highest BCUT2D eigenvalue weighted by atomic mass is 35.5. The van der Waals surface area contributed by atoms with E-state index in [1.165, 1.54) is 5.56 Å². The lowest BCUT2D eigenvalue weighted by molar-refractivity contribution is 0.415. The molecule has 16 heavy (non-hydrogen) atoms. The molecule has 1 aromatic carbocycles. The lowest BCUT2D eigenvalue weighted by Crippen LogP contribution is -2.20. The van der Waals surface area contributed by atoms with Crippen LogP contribution in [0.2, 0.25) is 5.02 Å². The van der Waals surface area contributed by atoms with Crippen molar-refractivity contribution in [2.75, 3.05) is 26.7 Å². The fourth-order valence-electron chi connectivity index (χ4n) is 1.45. The van der Waals surface area contributed by atoms with Crippen LogP contribution < -0.4 is 15.8 Å². The Morgan fingerprint density at radius 1 is 1.38 bits per heavy atom. The fraction of sp³-hybridized carbons (Fsp3) is 0.500. The molecule has 1 aromatic rings. The van der Waals surface area contributed by atoms with Gasteiger partial charge in [-0.1, -0.05) is 17.7 Å². The molecule has 0 saturated heterocycles. The SMILES string of the molecule is COc1ccc(CCNCCCN)cc1Cl. The summed E-state index contributed by atoms with van der Waals surface area (Å²) in [5.74, 6) is 0.724. The Morgan fingerprint density at radius 2 is 2.19 bits per heavy atom. The lowest BCUT2D eigenvalue weighted by Gasteiger charge is -2.07. The van der Waals surface area contributed by atoms with Gasteiger partial charge in [0.15, 0.2) is 0 Å². The van der Waals surface area contributed by atoms with Crippen LogP contribution in [-0.2, 0) is 6.42 Å². The van der Waals surface area contributed by atoms with Crippen molar-refractivity contribution in [2.45, 2.75) is 12.8 Å². The number of rotatable bonds is 7. The second-order valence-electron chi connectivity index (χ2n) is 3.61. The Bertz CT molecular complexity index is 318. The second kappa shape index (κ2) is 7.49. The monoisotopic (exact) mass is 242 g/mol. The molecule has 4 heteroatoms. The van der Waals surface area contributed by atoms with Gasteiger partial charge in [0.1, 0.15) is 5.75 Å². The molecule has 3 nitrogen and oxygen atoms in total. The third-order valence-electron chi connectivity index (χ3n) is 2.36. The van der Waals surface area contributed by atoms with Crippen molar-refractivity contribution in [3.8, 4) is 5.75 Å². The molecule has 0 aromatic heterocycles. The summed E-state index contributed by atoms with van der Waals surface area (Å²) in [6, 6.07) is 5.89. The van der Waals surface area contributed by atoms with Crippen LogP contribution >= 0.6 is 11.6 Å². The Balaban J connectivity index is 2.34. The molecule has 0 radical (unpaired) electrons. The van der Waals surface area contributed by atoms with Crippen LogP contribution in [0.25, 0.3) is 0 Å². The molecule has 1 rings (SSSR count). The maximum atomic E-state index is 6.03. The molecule has 0 unspecified atom stereocenters. The van der Waals surface area contributed by atoms with Crippen molar-refractivity contribution in [2.24, 2.45) is 5.73 Å². The van der Waals surface area contributed by atoms with Gasteiger partial charge in [-0.2, -0.15) is 0 Å². The molecular formula is C12H19ClN2O. The zero-order valence-electron chi connectivity index (χ0n) is 9.63. The minimum atomic E-state index is 0.668. The minimum absolute atomic E-state index is 0.668. The number of nitrogens with two attached hydrogens (primary N) is 1. The summed E-state index contributed by atoms with van der Waals surface area (Å²) in [5, 5.41) is 4.00. The lowest BCUT2D eigenvalue weighted by atomic mass is 10.1. The first kappa shape index (κ1) is 13.3. The van der Waals surface area contributed by atoms with Gasteiger partial charge in [-0.05, 0) is 50.2 Å². The quantitative estimate of drug-likeness (QED) is 0.718. The van der Waals surface area contributed by atoms with E-state index in [-0.39, 0.29) is 0 Å². The van der Waals surface area contributed by atoms with Crippen LogP contribution in [-0.4, -0.2) is 26.7 Å². The van der Waals surface area contributed by atoms with Crippen LogP contribution in [0.1, 0.15) is 12.0 Å². The van der Waals surface area contributed by atoms with Gasteiger partial charge in [0, 0.05) is 0 Å². The summed E-state index contributed by atoms with van der Waals surface area (Å²) in [6.07, 6.45) is 1.98. The van der Waals surface area contributed by atoms with E-state index < -0.39 is 0 Å². The van der Waals surface area contributed by atoms with Crippen molar-refractivity contribution < 1.29 is 4.74 Å². The molecule has 0 heterocycles. The first-order chi connectivity index (χ1) is 7.77. The molecule has 0 bridgehead atoms. The molecule has 0 spiro atoms. The average Bonchev–Trinajstić information content (AvgIpc) is 2.29. The summed E-state index contributed by atoms with van der Waals surface area (Å²) in [4.78, 5) is 0. The molecule has 0 fully saturated rings. The van der Waals surface area contributed by atoms with E-state index in [9.17, 15) is 0 Å². The van der Waals surface area contributed by atoms with Crippen LogP contribution in [0, 0.1) is 0 Å². The first-order valence-electron chi connectivity index (χ1n) is 5.51. The van der Waals surface area contributed by atoms with Gasteiger partial charge in [0.05, 0.1) is 12.1 Å². The fourth-order valence-corrected chi connectivity index (χ4v) is 1.73. The highest BCUT2D eigenvalue weighted by molar-refractivity contribution is 6.32. The molecule has 0 atom stereocenters. The van der Waals surface area contributed by atoms with Crippen molar-refractivity contribution in [1.82, 2.24) is 5.32 Å². The topological polar surface area (TPSA) is 47.3 Å². The molecule has 3 N–H and O–H groups in total. The van der Waals surface area contributed by atoms with Gasteiger partial charge in [0.25, 0.3) is 0 Å². The smallest absolute Gasteiger partial charge is 0.137 e. The average molecular weight is 243 g/mol. The van der Waals surface area contributed by atoms with Gasteiger partial charge in [0.2, 0.25) is 0 Å². The normalized spacial score (nSPS) is 10.4. The zero-order valence-corrected chi connectivity index (χ0v) is 10.4. The third-order valence-corrected chi connectivity index (χ3v) is 2.66. The van der Waals surface area contributed by atoms with E-state index in [1.807, 2.05) is 18.2 Å². The van der Waals surface area contributed by atoms with E-state index in [0.717, 1.165) is 38.2 Å². The number of ether oxygens (including phenoxy) is 1.